The zero-order valence-electron chi connectivity index (χ0n) is 9.20. The average Bonchev–Trinajstić information content (AvgIpc) is 3.02. The van der Waals surface area contributed by atoms with E-state index in [0.717, 1.165) is 0 Å². The fourth-order valence-electron chi connectivity index (χ4n) is 1.80. The van der Waals surface area contributed by atoms with Crippen molar-refractivity contribution in [2.24, 2.45) is 11.8 Å². The number of rotatable bonds is 5. The smallest absolute Gasteiger partial charge is 0.240 e. The standard InChI is InChI=1S/C10H16FNO3S/c1-10(3-4-10)16(14,15)12-9(13)8-6-7(8)2-5-11/h7-8H,2-6H2,1H3,(H,12,13). The summed E-state index contributed by atoms with van der Waals surface area (Å²) in [5.41, 5.74) is 0. The van der Waals surface area contributed by atoms with Crippen LogP contribution in [0.2, 0.25) is 0 Å². The zero-order chi connectivity index (χ0) is 12.0. The van der Waals surface area contributed by atoms with Crippen molar-refractivity contribution in [1.82, 2.24) is 4.72 Å². The van der Waals surface area contributed by atoms with Gasteiger partial charge in [-0.3, -0.25) is 13.9 Å². The van der Waals surface area contributed by atoms with Crippen LogP contribution in [0.4, 0.5) is 4.39 Å². The van der Waals surface area contributed by atoms with E-state index in [1.165, 1.54) is 0 Å². The Morgan fingerprint density at radius 2 is 2.12 bits per heavy atom. The van der Waals surface area contributed by atoms with Crippen LogP contribution in [-0.2, 0) is 14.8 Å². The largest absolute Gasteiger partial charge is 0.274 e. The highest BCUT2D eigenvalue weighted by Gasteiger charge is 2.52. The van der Waals surface area contributed by atoms with E-state index in [1.54, 1.807) is 6.92 Å². The van der Waals surface area contributed by atoms with Crippen molar-refractivity contribution >= 4 is 15.9 Å². The van der Waals surface area contributed by atoms with Crippen molar-refractivity contribution in [2.75, 3.05) is 6.67 Å². The Labute approximate surface area is 94.6 Å². The monoisotopic (exact) mass is 249 g/mol. The van der Waals surface area contributed by atoms with Crippen LogP contribution >= 0.6 is 0 Å². The van der Waals surface area contributed by atoms with E-state index in [9.17, 15) is 17.6 Å². The van der Waals surface area contributed by atoms with Crippen LogP contribution in [0.5, 0.6) is 0 Å². The van der Waals surface area contributed by atoms with Crippen molar-refractivity contribution in [1.29, 1.82) is 0 Å². The number of carbonyl (C=O) groups excluding carboxylic acids is 1. The first-order valence-corrected chi connectivity index (χ1v) is 7.00. The second-order valence-corrected chi connectivity index (χ2v) is 7.20. The van der Waals surface area contributed by atoms with Crippen LogP contribution in [0, 0.1) is 11.8 Å². The second-order valence-electron chi connectivity index (χ2n) is 5.00. The molecule has 92 valence electrons. The number of alkyl halides is 1. The summed E-state index contributed by atoms with van der Waals surface area (Å²) >= 11 is 0. The Morgan fingerprint density at radius 3 is 2.62 bits per heavy atom. The molecular weight excluding hydrogens is 233 g/mol. The Balaban J connectivity index is 1.89. The lowest BCUT2D eigenvalue weighted by molar-refractivity contribution is -0.120. The predicted molar refractivity (Wildman–Crippen MR) is 56.9 cm³/mol. The molecule has 2 saturated carbocycles. The van der Waals surface area contributed by atoms with Crippen molar-refractivity contribution < 1.29 is 17.6 Å². The molecule has 1 amide bonds. The molecule has 2 unspecified atom stereocenters. The third-order valence-electron chi connectivity index (χ3n) is 3.58. The molecule has 0 bridgehead atoms. The molecular formula is C10H16FNO3S. The molecule has 2 atom stereocenters. The van der Waals surface area contributed by atoms with Crippen LogP contribution in [0.25, 0.3) is 0 Å². The second kappa shape index (κ2) is 3.68. The maximum atomic E-state index is 12.0. The first-order valence-electron chi connectivity index (χ1n) is 5.52. The molecule has 0 aliphatic heterocycles. The third kappa shape index (κ3) is 2.07. The van der Waals surface area contributed by atoms with Gasteiger partial charge in [-0.05, 0) is 38.5 Å². The molecule has 2 fully saturated rings. The average molecular weight is 249 g/mol. The van der Waals surface area contributed by atoms with Gasteiger partial charge in [-0.2, -0.15) is 0 Å². The summed E-state index contributed by atoms with van der Waals surface area (Å²) in [6, 6.07) is 0. The number of hydrogen-bond donors (Lipinski definition) is 1. The van der Waals surface area contributed by atoms with Gasteiger partial charge in [0.2, 0.25) is 15.9 Å². The number of hydrogen-bond acceptors (Lipinski definition) is 3. The molecule has 2 aliphatic carbocycles. The van der Waals surface area contributed by atoms with Gasteiger partial charge in [-0.1, -0.05) is 0 Å². The topological polar surface area (TPSA) is 63.2 Å². The first kappa shape index (κ1) is 11.8. The minimum absolute atomic E-state index is 0.0345. The zero-order valence-corrected chi connectivity index (χ0v) is 10.0. The Morgan fingerprint density at radius 1 is 1.50 bits per heavy atom. The van der Waals surface area contributed by atoms with Crippen molar-refractivity contribution in [3.63, 3.8) is 0 Å². The van der Waals surface area contributed by atoms with E-state index in [-0.39, 0.29) is 11.8 Å². The number of halogens is 1. The van der Waals surface area contributed by atoms with E-state index in [2.05, 4.69) is 4.72 Å². The van der Waals surface area contributed by atoms with Crippen LogP contribution < -0.4 is 4.72 Å². The lowest BCUT2D eigenvalue weighted by Crippen LogP contribution is -2.39. The molecule has 1 N–H and O–H groups in total. The molecule has 0 heterocycles. The van der Waals surface area contributed by atoms with Gasteiger partial charge in [0.25, 0.3) is 0 Å². The van der Waals surface area contributed by atoms with Gasteiger partial charge in [-0.15, -0.1) is 0 Å². The summed E-state index contributed by atoms with van der Waals surface area (Å²) < 4.78 is 36.8. The van der Waals surface area contributed by atoms with Gasteiger partial charge in [0.05, 0.1) is 11.4 Å². The van der Waals surface area contributed by atoms with Gasteiger partial charge in [0.15, 0.2) is 0 Å². The van der Waals surface area contributed by atoms with Gasteiger partial charge < -0.3 is 0 Å². The number of nitrogens with one attached hydrogen (secondary N) is 1. The molecule has 0 aromatic rings. The maximum absolute atomic E-state index is 12.0. The van der Waals surface area contributed by atoms with Gasteiger partial charge in [-0.25, -0.2) is 8.42 Å². The summed E-state index contributed by atoms with van der Waals surface area (Å²) in [4.78, 5) is 11.6. The van der Waals surface area contributed by atoms with Crippen LogP contribution in [0.15, 0.2) is 0 Å². The summed E-state index contributed by atoms with van der Waals surface area (Å²) in [6.07, 6.45) is 2.18. The molecule has 0 saturated heterocycles. The van der Waals surface area contributed by atoms with E-state index in [1.807, 2.05) is 0 Å². The SMILES string of the molecule is CC1(S(=O)(=O)NC(=O)C2CC2CCF)CC1. The minimum atomic E-state index is -3.52. The van der Waals surface area contributed by atoms with Gasteiger partial charge in [0, 0.05) is 5.92 Å². The fourth-order valence-corrected chi connectivity index (χ4v) is 3.11. The van der Waals surface area contributed by atoms with Crippen LogP contribution in [0.3, 0.4) is 0 Å². The van der Waals surface area contributed by atoms with E-state index >= 15 is 0 Å². The van der Waals surface area contributed by atoms with Crippen molar-refractivity contribution in [2.45, 2.75) is 37.4 Å². The highest BCUT2D eigenvalue weighted by atomic mass is 32.2. The Hall–Kier alpha value is -0.650. The van der Waals surface area contributed by atoms with Crippen molar-refractivity contribution in [3.05, 3.63) is 0 Å². The number of carbonyl (C=O) groups is 1. The quantitative estimate of drug-likeness (QED) is 0.790. The predicted octanol–water partition coefficient (Wildman–Crippen LogP) is 0.981. The Bertz CT molecular complexity index is 402. The first-order chi connectivity index (χ1) is 7.39. The van der Waals surface area contributed by atoms with Crippen LogP contribution in [-0.4, -0.2) is 25.7 Å². The molecule has 0 radical (unpaired) electrons. The van der Waals surface area contributed by atoms with Gasteiger partial charge >= 0.3 is 0 Å². The van der Waals surface area contributed by atoms with E-state index < -0.39 is 27.4 Å². The number of sulfonamides is 1. The van der Waals surface area contributed by atoms with Crippen molar-refractivity contribution in [3.8, 4) is 0 Å². The van der Waals surface area contributed by atoms with Crippen LogP contribution in [0.1, 0.15) is 32.6 Å². The van der Waals surface area contributed by atoms with E-state index in [4.69, 9.17) is 0 Å². The summed E-state index contributed by atoms with van der Waals surface area (Å²) in [7, 11) is -3.52. The summed E-state index contributed by atoms with van der Waals surface area (Å²) in [6.45, 7) is 1.19. The Kier molecular flexibility index (Phi) is 2.72. The highest BCUT2D eigenvalue weighted by Crippen LogP contribution is 2.44. The van der Waals surface area contributed by atoms with E-state index in [0.29, 0.717) is 25.7 Å². The number of amides is 1. The minimum Gasteiger partial charge on any atom is -0.274 e. The molecule has 16 heavy (non-hydrogen) atoms. The summed E-state index contributed by atoms with van der Waals surface area (Å²) in [5, 5.41) is 0. The third-order valence-corrected chi connectivity index (χ3v) is 5.75. The fraction of sp³-hybridized carbons (Fsp3) is 0.900. The summed E-state index contributed by atoms with van der Waals surface area (Å²) in [5.74, 6) is -0.716. The molecule has 0 spiro atoms. The lowest BCUT2D eigenvalue weighted by atomic mass is 10.2. The molecule has 6 heteroatoms. The normalized spacial score (nSPS) is 30.9. The molecule has 2 rings (SSSR count). The van der Waals surface area contributed by atoms with Gasteiger partial charge in [0.1, 0.15) is 0 Å². The molecule has 0 aromatic heterocycles. The highest BCUT2D eigenvalue weighted by molar-refractivity contribution is 7.91. The molecule has 2 aliphatic rings. The molecule has 4 nitrogen and oxygen atoms in total. The molecule has 0 aromatic carbocycles. The maximum Gasteiger partial charge on any atom is 0.240 e. The lowest BCUT2D eigenvalue weighted by Gasteiger charge is -2.11.